The van der Waals surface area contributed by atoms with Gasteiger partial charge in [-0.25, -0.2) is 0 Å². The first kappa shape index (κ1) is 8.96. The molecule has 0 aromatic carbocycles. The molecule has 0 aliphatic heterocycles. The normalized spacial score (nSPS) is 12.3. The van der Waals surface area contributed by atoms with Crippen LogP contribution in [0, 0.1) is 17.2 Å². The number of nitrogens with zero attached hydrogens (tertiary/aromatic N) is 1. The molecule has 0 saturated carbocycles. The molecule has 0 rings (SSSR count). The van der Waals surface area contributed by atoms with Gasteiger partial charge in [0, 0.05) is 5.92 Å². The van der Waals surface area contributed by atoms with Gasteiger partial charge in [-0.15, -0.1) is 0 Å². The van der Waals surface area contributed by atoms with Crippen molar-refractivity contribution in [2.45, 2.75) is 26.8 Å². The molecule has 0 spiro atoms. The van der Waals surface area contributed by atoms with E-state index in [9.17, 15) is 4.79 Å². The van der Waals surface area contributed by atoms with Crippen molar-refractivity contribution in [1.29, 1.82) is 5.26 Å². The van der Waals surface area contributed by atoms with Crippen LogP contribution in [0.4, 0.5) is 0 Å². The number of nitrogens with one attached hydrogen (secondary N) is 1. The topological polar surface area (TPSA) is 52.9 Å². The largest absolute Gasteiger partial charge is 0.340 e. The quantitative estimate of drug-likeness (QED) is 0.613. The number of hydrogen-bond acceptors (Lipinski definition) is 2. The fraction of sp³-hybridized carbons (Fsp3) is 0.714. The highest BCUT2D eigenvalue weighted by molar-refractivity contribution is 5.78. The third-order valence-corrected chi connectivity index (χ3v) is 1.08. The molecule has 0 aromatic rings. The summed E-state index contributed by atoms with van der Waals surface area (Å²) in [5.41, 5.74) is 0. The lowest BCUT2D eigenvalue weighted by Crippen LogP contribution is -2.34. The van der Waals surface area contributed by atoms with Crippen LogP contribution in [0.5, 0.6) is 0 Å². The standard InChI is InChI=1S/C7H12N2O/c1-5(2)7(10)9-6(3)4-8/h5-6H,1-3H3,(H,9,10). The van der Waals surface area contributed by atoms with E-state index in [1.54, 1.807) is 20.8 Å². The Kier molecular flexibility index (Phi) is 3.48. The number of nitriles is 1. The van der Waals surface area contributed by atoms with E-state index < -0.39 is 0 Å². The highest BCUT2D eigenvalue weighted by atomic mass is 16.1. The predicted molar refractivity (Wildman–Crippen MR) is 38.1 cm³/mol. The lowest BCUT2D eigenvalue weighted by Gasteiger charge is -2.07. The first-order valence-electron chi connectivity index (χ1n) is 3.28. The summed E-state index contributed by atoms with van der Waals surface area (Å²) < 4.78 is 0. The van der Waals surface area contributed by atoms with Crippen LogP contribution in [-0.2, 0) is 4.79 Å². The second kappa shape index (κ2) is 3.89. The molecular formula is C7H12N2O. The van der Waals surface area contributed by atoms with Crippen molar-refractivity contribution >= 4 is 5.91 Å². The molecule has 56 valence electrons. The minimum atomic E-state index is -0.380. The third-order valence-electron chi connectivity index (χ3n) is 1.08. The zero-order valence-electron chi connectivity index (χ0n) is 6.51. The molecule has 3 nitrogen and oxygen atoms in total. The van der Waals surface area contributed by atoms with Crippen LogP contribution in [0.25, 0.3) is 0 Å². The van der Waals surface area contributed by atoms with Gasteiger partial charge < -0.3 is 5.32 Å². The lowest BCUT2D eigenvalue weighted by molar-refractivity contribution is -0.124. The number of amides is 1. The van der Waals surface area contributed by atoms with Crippen LogP contribution >= 0.6 is 0 Å². The van der Waals surface area contributed by atoms with E-state index in [1.807, 2.05) is 6.07 Å². The zero-order chi connectivity index (χ0) is 8.15. The van der Waals surface area contributed by atoms with Gasteiger partial charge >= 0.3 is 0 Å². The van der Waals surface area contributed by atoms with Crippen LogP contribution in [0.2, 0.25) is 0 Å². The molecule has 0 fully saturated rings. The maximum atomic E-state index is 10.8. The molecular weight excluding hydrogens is 128 g/mol. The van der Waals surface area contributed by atoms with Crippen LogP contribution < -0.4 is 5.32 Å². The number of rotatable bonds is 2. The van der Waals surface area contributed by atoms with Gasteiger partial charge in [0.15, 0.2) is 0 Å². The monoisotopic (exact) mass is 140 g/mol. The maximum absolute atomic E-state index is 10.8. The first-order valence-corrected chi connectivity index (χ1v) is 3.28. The third kappa shape index (κ3) is 3.08. The summed E-state index contributed by atoms with van der Waals surface area (Å²) in [7, 11) is 0. The predicted octanol–water partition coefficient (Wildman–Crippen LogP) is 0.671. The van der Waals surface area contributed by atoms with Gasteiger partial charge in [0.25, 0.3) is 0 Å². The number of hydrogen-bond donors (Lipinski definition) is 1. The SMILES string of the molecule is CC(C#N)NC(=O)C(C)C. The summed E-state index contributed by atoms with van der Waals surface area (Å²) in [6, 6.07) is 1.54. The summed E-state index contributed by atoms with van der Waals surface area (Å²) in [6.07, 6.45) is 0. The van der Waals surface area contributed by atoms with Crippen molar-refractivity contribution in [3.8, 4) is 6.07 Å². The van der Waals surface area contributed by atoms with Gasteiger partial charge in [0.2, 0.25) is 5.91 Å². The van der Waals surface area contributed by atoms with Crippen molar-refractivity contribution < 1.29 is 4.79 Å². The van der Waals surface area contributed by atoms with Crippen molar-refractivity contribution in [3.05, 3.63) is 0 Å². The van der Waals surface area contributed by atoms with Gasteiger partial charge in [0.05, 0.1) is 6.07 Å². The van der Waals surface area contributed by atoms with Gasteiger partial charge in [-0.2, -0.15) is 5.26 Å². The number of carbonyl (C=O) groups is 1. The molecule has 0 aliphatic rings. The molecule has 1 N–H and O–H groups in total. The molecule has 0 saturated heterocycles. The highest BCUT2D eigenvalue weighted by Gasteiger charge is 2.08. The Labute approximate surface area is 61.0 Å². The highest BCUT2D eigenvalue weighted by Crippen LogP contribution is 1.91. The minimum absolute atomic E-state index is 0.0456. The molecule has 0 heterocycles. The Hall–Kier alpha value is -1.04. The van der Waals surface area contributed by atoms with Gasteiger partial charge in [0.1, 0.15) is 6.04 Å². The van der Waals surface area contributed by atoms with Gasteiger partial charge in [-0.3, -0.25) is 4.79 Å². The van der Waals surface area contributed by atoms with Crippen LogP contribution in [0.15, 0.2) is 0 Å². The molecule has 0 aromatic heterocycles. The Balaban J connectivity index is 3.71. The van der Waals surface area contributed by atoms with E-state index in [1.165, 1.54) is 0 Å². The molecule has 3 heteroatoms. The summed E-state index contributed by atoms with van der Waals surface area (Å²) in [5.74, 6) is -0.121. The molecule has 1 unspecified atom stereocenters. The van der Waals surface area contributed by atoms with Crippen molar-refractivity contribution in [2.75, 3.05) is 0 Å². The molecule has 0 aliphatic carbocycles. The van der Waals surface area contributed by atoms with Crippen LogP contribution in [-0.4, -0.2) is 11.9 Å². The minimum Gasteiger partial charge on any atom is -0.340 e. The van der Waals surface area contributed by atoms with Crippen molar-refractivity contribution in [2.24, 2.45) is 5.92 Å². The van der Waals surface area contributed by atoms with Crippen molar-refractivity contribution in [3.63, 3.8) is 0 Å². The number of carbonyl (C=O) groups excluding carboxylic acids is 1. The Bertz CT molecular complexity index is 157. The average molecular weight is 140 g/mol. The summed E-state index contributed by atoms with van der Waals surface area (Å²) in [6.45, 7) is 5.24. The zero-order valence-corrected chi connectivity index (χ0v) is 6.51. The van der Waals surface area contributed by atoms with E-state index in [0.29, 0.717) is 0 Å². The fourth-order valence-electron chi connectivity index (χ4n) is 0.412. The summed E-state index contributed by atoms with van der Waals surface area (Å²) >= 11 is 0. The van der Waals surface area contributed by atoms with Gasteiger partial charge in [-0.05, 0) is 6.92 Å². The molecule has 1 atom stereocenters. The van der Waals surface area contributed by atoms with E-state index in [0.717, 1.165) is 0 Å². The second-order valence-electron chi connectivity index (χ2n) is 2.51. The average Bonchev–Trinajstić information content (AvgIpc) is 1.87. The summed E-state index contributed by atoms with van der Waals surface area (Å²) in [4.78, 5) is 10.8. The molecule has 0 bridgehead atoms. The van der Waals surface area contributed by atoms with E-state index in [-0.39, 0.29) is 17.9 Å². The lowest BCUT2D eigenvalue weighted by atomic mass is 10.2. The van der Waals surface area contributed by atoms with Crippen LogP contribution in [0.3, 0.4) is 0 Å². The molecule has 10 heavy (non-hydrogen) atoms. The van der Waals surface area contributed by atoms with Crippen molar-refractivity contribution in [1.82, 2.24) is 5.32 Å². The maximum Gasteiger partial charge on any atom is 0.223 e. The van der Waals surface area contributed by atoms with E-state index in [2.05, 4.69) is 5.32 Å². The Morgan fingerprint density at radius 3 is 2.30 bits per heavy atom. The molecule has 0 radical (unpaired) electrons. The van der Waals surface area contributed by atoms with Gasteiger partial charge in [-0.1, -0.05) is 13.8 Å². The van der Waals surface area contributed by atoms with E-state index >= 15 is 0 Å². The fourth-order valence-corrected chi connectivity index (χ4v) is 0.412. The molecule has 1 amide bonds. The Morgan fingerprint density at radius 1 is 1.50 bits per heavy atom. The van der Waals surface area contributed by atoms with Crippen LogP contribution in [0.1, 0.15) is 20.8 Å². The Morgan fingerprint density at radius 2 is 2.00 bits per heavy atom. The first-order chi connectivity index (χ1) is 4.57. The summed E-state index contributed by atoms with van der Waals surface area (Å²) in [5, 5.41) is 10.8. The van der Waals surface area contributed by atoms with E-state index in [4.69, 9.17) is 5.26 Å². The smallest absolute Gasteiger partial charge is 0.223 e. The second-order valence-corrected chi connectivity index (χ2v) is 2.51.